The van der Waals surface area contributed by atoms with Crippen molar-refractivity contribution in [2.45, 2.75) is 6.92 Å². The summed E-state index contributed by atoms with van der Waals surface area (Å²) in [6.45, 7) is 1.95. The minimum absolute atomic E-state index is 0.557. The molecule has 0 radical (unpaired) electrons. The van der Waals surface area contributed by atoms with Gasteiger partial charge in [0.1, 0.15) is 10.5 Å². The summed E-state index contributed by atoms with van der Waals surface area (Å²) in [5.74, 6) is 0.752. The van der Waals surface area contributed by atoms with Crippen molar-refractivity contribution in [3.05, 3.63) is 44.1 Å². The summed E-state index contributed by atoms with van der Waals surface area (Å²) in [4.78, 5) is 7.49. The Balaban J connectivity index is 2.57. The lowest BCUT2D eigenvalue weighted by molar-refractivity contribution is 1.08. The van der Waals surface area contributed by atoms with Gasteiger partial charge in [-0.15, -0.1) is 0 Å². The lowest BCUT2D eigenvalue weighted by Crippen LogP contribution is -1.93. The molecule has 2 nitrogen and oxygen atoms in total. The third kappa shape index (κ3) is 2.34. The van der Waals surface area contributed by atoms with Gasteiger partial charge in [0.2, 0.25) is 0 Å². The van der Waals surface area contributed by atoms with E-state index in [1.165, 1.54) is 0 Å². The summed E-state index contributed by atoms with van der Waals surface area (Å²) in [7, 11) is 0. The fraction of sp³-hybridized carbons (Fsp3) is 0.0909. The van der Waals surface area contributed by atoms with Gasteiger partial charge in [0.05, 0.1) is 4.47 Å². The summed E-state index contributed by atoms with van der Waals surface area (Å²) < 4.78 is 1.39. The zero-order valence-corrected chi connectivity index (χ0v) is 11.6. The molecule has 0 fully saturated rings. The van der Waals surface area contributed by atoms with E-state index in [1.807, 2.05) is 31.2 Å². The van der Waals surface area contributed by atoms with Crippen LogP contribution in [0.2, 0.25) is 5.02 Å². The largest absolute Gasteiger partial charge is 0.342 e. The fourth-order valence-electron chi connectivity index (χ4n) is 1.32. The van der Waals surface area contributed by atoms with Crippen LogP contribution in [0.5, 0.6) is 0 Å². The Hall–Kier alpha value is -0.710. The predicted octanol–water partition coefficient (Wildman–Crippen LogP) is 4.53. The number of rotatable bonds is 1. The Morgan fingerprint density at radius 3 is 2.50 bits per heavy atom. The van der Waals surface area contributed by atoms with Crippen LogP contribution in [0.4, 0.5) is 0 Å². The van der Waals surface area contributed by atoms with Gasteiger partial charge < -0.3 is 4.98 Å². The third-order valence-corrected chi connectivity index (χ3v) is 3.93. The molecule has 82 valence electrons. The average Bonchev–Trinajstić information content (AvgIpc) is 2.26. The molecule has 5 heteroatoms. The second-order valence-electron chi connectivity index (χ2n) is 3.34. The van der Waals surface area contributed by atoms with E-state index in [4.69, 9.17) is 23.8 Å². The molecule has 2 aromatic rings. The van der Waals surface area contributed by atoms with E-state index in [2.05, 4.69) is 25.9 Å². The van der Waals surface area contributed by atoms with Gasteiger partial charge in [-0.2, -0.15) is 0 Å². The topological polar surface area (TPSA) is 28.7 Å². The van der Waals surface area contributed by atoms with E-state index in [1.54, 1.807) is 0 Å². The van der Waals surface area contributed by atoms with Crippen LogP contribution in [0.3, 0.4) is 0 Å². The number of aryl methyl sites for hydroxylation is 1. The quantitative estimate of drug-likeness (QED) is 0.783. The third-order valence-electron chi connectivity index (χ3n) is 2.15. The van der Waals surface area contributed by atoms with Gasteiger partial charge in [-0.3, -0.25) is 0 Å². The molecule has 1 aromatic heterocycles. The van der Waals surface area contributed by atoms with E-state index in [-0.39, 0.29) is 0 Å². The van der Waals surface area contributed by atoms with Crippen LogP contribution in [0.1, 0.15) is 5.69 Å². The standard InChI is InChI=1S/C11H8BrClN2S/c1-6-9(12)11(16)15-10(14-6)7-2-4-8(13)5-3-7/h2-5H,1H3,(H,14,15,16). The number of H-pyrrole nitrogens is 1. The summed E-state index contributed by atoms with van der Waals surface area (Å²) >= 11 is 14.4. The minimum Gasteiger partial charge on any atom is -0.342 e. The van der Waals surface area contributed by atoms with E-state index < -0.39 is 0 Å². The first-order valence-corrected chi connectivity index (χ1v) is 6.18. The number of hydrogen-bond acceptors (Lipinski definition) is 2. The first kappa shape index (κ1) is 11.8. The highest BCUT2D eigenvalue weighted by Crippen LogP contribution is 2.21. The summed E-state index contributed by atoms with van der Waals surface area (Å²) in [5, 5.41) is 0.705. The van der Waals surface area contributed by atoms with Crippen molar-refractivity contribution >= 4 is 39.7 Å². The first-order valence-electron chi connectivity index (χ1n) is 4.60. The summed E-state index contributed by atoms with van der Waals surface area (Å²) in [6.07, 6.45) is 0. The molecule has 0 bridgehead atoms. The highest BCUT2D eigenvalue weighted by atomic mass is 79.9. The van der Waals surface area contributed by atoms with Gasteiger partial charge in [0.25, 0.3) is 0 Å². The molecule has 0 atom stereocenters. The van der Waals surface area contributed by atoms with Gasteiger partial charge in [0, 0.05) is 16.3 Å². The molecule has 16 heavy (non-hydrogen) atoms. The van der Waals surface area contributed by atoms with Crippen LogP contribution in [-0.4, -0.2) is 9.97 Å². The number of halogens is 2. The van der Waals surface area contributed by atoms with Crippen molar-refractivity contribution in [2.75, 3.05) is 0 Å². The summed E-state index contributed by atoms with van der Waals surface area (Å²) in [6, 6.07) is 7.46. The normalized spacial score (nSPS) is 10.4. The van der Waals surface area contributed by atoms with Crippen molar-refractivity contribution in [1.82, 2.24) is 9.97 Å². The fourth-order valence-corrected chi connectivity index (χ4v) is 1.87. The number of aromatic nitrogens is 2. The van der Waals surface area contributed by atoms with Crippen molar-refractivity contribution < 1.29 is 0 Å². The van der Waals surface area contributed by atoms with Crippen LogP contribution in [0.15, 0.2) is 28.7 Å². The van der Waals surface area contributed by atoms with E-state index >= 15 is 0 Å². The van der Waals surface area contributed by atoms with Crippen LogP contribution >= 0.6 is 39.7 Å². The Morgan fingerprint density at radius 2 is 1.94 bits per heavy atom. The zero-order chi connectivity index (χ0) is 11.7. The average molecular weight is 316 g/mol. The van der Waals surface area contributed by atoms with Crippen LogP contribution in [0, 0.1) is 11.6 Å². The highest BCUT2D eigenvalue weighted by Gasteiger charge is 2.04. The van der Waals surface area contributed by atoms with Gasteiger partial charge in [-0.25, -0.2) is 4.98 Å². The van der Waals surface area contributed by atoms with Gasteiger partial charge in [0.15, 0.2) is 0 Å². The molecule has 1 aromatic carbocycles. The van der Waals surface area contributed by atoms with Gasteiger partial charge in [-0.1, -0.05) is 23.8 Å². The molecule has 0 spiro atoms. The molecule has 0 amide bonds. The predicted molar refractivity (Wildman–Crippen MR) is 72.3 cm³/mol. The molecule has 0 aliphatic heterocycles. The zero-order valence-electron chi connectivity index (χ0n) is 8.42. The van der Waals surface area contributed by atoms with Crippen molar-refractivity contribution in [3.63, 3.8) is 0 Å². The Morgan fingerprint density at radius 1 is 1.31 bits per heavy atom. The maximum atomic E-state index is 5.83. The van der Waals surface area contributed by atoms with Crippen LogP contribution in [0.25, 0.3) is 11.4 Å². The second-order valence-corrected chi connectivity index (χ2v) is 4.95. The molecule has 1 heterocycles. The van der Waals surface area contributed by atoms with Crippen LogP contribution < -0.4 is 0 Å². The SMILES string of the molecule is Cc1[nH]c(-c2ccc(Cl)cc2)nc(=S)c1Br. The summed E-state index contributed by atoms with van der Waals surface area (Å²) in [5.41, 5.74) is 1.93. The molecule has 1 N–H and O–H groups in total. The lowest BCUT2D eigenvalue weighted by Gasteiger charge is -2.04. The maximum Gasteiger partial charge on any atom is 0.144 e. The van der Waals surface area contributed by atoms with Crippen LogP contribution in [-0.2, 0) is 0 Å². The Kier molecular flexibility index (Phi) is 3.42. The van der Waals surface area contributed by atoms with E-state index in [0.29, 0.717) is 9.66 Å². The number of hydrogen-bond donors (Lipinski definition) is 1. The smallest absolute Gasteiger partial charge is 0.144 e. The maximum absolute atomic E-state index is 5.83. The Bertz CT molecular complexity index is 578. The van der Waals surface area contributed by atoms with Crippen molar-refractivity contribution in [3.8, 4) is 11.4 Å². The molecule has 2 rings (SSSR count). The van der Waals surface area contributed by atoms with Gasteiger partial charge >= 0.3 is 0 Å². The molecular formula is C11H8BrClN2S. The lowest BCUT2D eigenvalue weighted by atomic mass is 10.2. The molecular weight excluding hydrogens is 308 g/mol. The minimum atomic E-state index is 0.557. The van der Waals surface area contributed by atoms with Crippen molar-refractivity contribution in [1.29, 1.82) is 0 Å². The number of benzene rings is 1. The molecule has 0 saturated carbocycles. The van der Waals surface area contributed by atoms with E-state index in [0.717, 1.165) is 21.6 Å². The second kappa shape index (κ2) is 4.65. The molecule has 0 saturated heterocycles. The number of aromatic amines is 1. The van der Waals surface area contributed by atoms with E-state index in [9.17, 15) is 0 Å². The number of nitrogens with zero attached hydrogens (tertiary/aromatic N) is 1. The highest BCUT2D eigenvalue weighted by molar-refractivity contribution is 9.10. The first-order chi connectivity index (χ1) is 7.58. The molecule has 0 unspecified atom stereocenters. The molecule has 0 aliphatic rings. The Labute approximate surface area is 112 Å². The van der Waals surface area contributed by atoms with Gasteiger partial charge in [-0.05, 0) is 47.1 Å². The number of nitrogens with one attached hydrogen (secondary N) is 1. The molecule has 0 aliphatic carbocycles. The monoisotopic (exact) mass is 314 g/mol. The van der Waals surface area contributed by atoms with Crippen molar-refractivity contribution in [2.24, 2.45) is 0 Å².